The van der Waals surface area contributed by atoms with Gasteiger partial charge in [0, 0.05) is 24.5 Å². The summed E-state index contributed by atoms with van der Waals surface area (Å²) >= 11 is 0. The summed E-state index contributed by atoms with van der Waals surface area (Å²) in [5.74, 6) is 0.121. The Labute approximate surface area is 117 Å². The van der Waals surface area contributed by atoms with Gasteiger partial charge in [0.15, 0.2) is 0 Å². The SMILES string of the molecule is COc1ccc(N)c(C(=O)OCCc2ccncc2)c1. The summed E-state index contributed by atoms with van der Waals surface area (Å²) in [6.45, 7) is 0.291. The fourth-order valence-electron chi connectivity index (χ4n) is 1.73. The van der Waals surface area contributed by atoms with Crippen LogP contribution >= 0.6 is 0 Å². The number of carbonyl (C=O) groups is 1. The van der Waals surface area contributed by atoms with Crippen molar-refractivity contribution in [2.24, 2.45) is 0 Å². The highest BCUT2D eigenvalue weighted by Crippen LogP contribution is 2.20. The normalized spacial score (nSPS) is 10.1. The number of nitrogens with zero attached hydrogens (tertiary/aromatic N) is 1. The van der Waals surface area contributed by atoms with E-state index < -0.39 is 5.97 Å². The molecule has 2 rings (SSSR count). The zero-order valence-electron chi connectivity index (χ0n) is 11.2. The number of anilines is 1. The first kappa shape index (κ1) is 13.9. The van der Waals surface area contributed by atoms with Crippen LogP contribution in [-0.4, -0.2) is 24.7 Å². The first-order valence-electron chi connectivity index (χ1n) is 6.20. The van der Waals surface area contributed by atoms with E-state index in [0.29, 0.717) is 30.0 Å². The van der Waals surface area contributed by atoms with Crippen LogP contribution in [0.1, 0.15) is 15.9 Å². The number of hydrogen-bond acceptors (Lipinski definition) is 5. The van der Waals surface area contributed by atoms with E-state index in [4.69, 9.17) is 15.2 Å². The molecular weight excluding hydrogens is 256 g/mol. The molecular formula is C15H16N2O3. The van der Waals surface area contributed by atoms with Gasteiger partial charge >= 0.3 is 5.97 Å². The average Bonchev–Trinajstić information content (AvgIpc) is 2.48. The van der Waals surface area contributed by atoms with Gasteiger partial charge < -0.3 is 15.2 Å². The Morgan fingerprint density at radius 3 is 2.70 bits per heavy atom. The molecule has 0 aliphatic rings. The lowest BCUT2D eigenvalue weighted by Crippen LogP contribution is -2.10. The first-order chi connectivity index (χ1) is 9.70. The zero-order chi connectivity index (χ0) is 14.4. The van der Waals surface area contributed by atoms with Crippen molar-refractivity contribution >= 4 is 11.7 Å². The number of benzene rings is 1. The number of nitrogen functional groups attached to an aromatic ring is 1. The third-order valence-corrected chi connectivity index (χ3v) is 2.85. The van der Waals surface area contributed by atoms with Gasteiger partial charge in [0.1, 0.15) is 5.75 Å². The van der Waals surface area contributed by atoms with E-state index in [2.05, 4.69) is 4.98 Å². The fraction of sp³-hybridized carbons (Fsp3) is 0.200. The highest BCUT2D eigenvalue weighted by atomic mass is 16.5. The monoisotopic (exact) mass is 272 g/mol. The van der Waals surface area contributed by atoms with Crippen molar-refractivity contribution in [3.63, 3.8) is 0 Å². The number of methoxy groups -OCH3 is 1. The topological polar surface area (TPSA) is 74.4 Å². The number of rotatable bonds is 5. The molecule has 0 aliphatic heterocycles. The van der Waals surface area contributed by atoms with Crippen LogP contribution in [0.5, 0.6) is 5.75 Å². The van der Waals surface area contributed by atoms with Gasteiger partial charge in [-0.25, -0.2) is 4.79 Å². The van der Waals surface area contributed by atoms with Gasteiger partial charge in [0.25, 0.3) is 0 Å². The van der Waals surface area contributed by atoms with Crippen molar-refractivity contribution in [1.29, 1.82) is 0 Å². The molecule has 0 bridgehead atoms. The lowest BCUT2D eigenvalue weighted by Gasteiger charge is -2.08. The molecule has 0 radical (unpaired) electrons. The Balaban J connectivity index is 1.95. The number of pyridine rings is 1. The van der Waals surface area contributed by atoms with Gasteiger partial charge in [-0.05, 0) is 35.9 Å². The van der Waals surface area contributed by atoms with Gasteiger partial charge in [0.05, 0.1) is 19.3 Å². The Kier molecular flexibility index (Phi) is 4.55. The van der Waals surface area contributed by atoms with Crippen LogP contribution in [0.2, 0.25) is 0 Å². The molecule has 5 nitrogen and oxygen atoms in total. The van der Waals surface area contributed by atoms with Crippen LogP contribution in [0, 0.1) is 0 Å². The standard InChI is InChI=1S/C15H16N2O3/c1-19-12-2-3-14(16)13(10-12)15(18)20-9-6-11-4-7-17-8-5-11/h2-5,7-8,10H,6,9,16H2,1H3. The van der Waals surface area contributed by atoms with Crippen molar-refractivity contribution in [3.8, 4) is 5.75 Å². The van der Waals surface area contributed by atoms with E-state index in [1.54, 1.807) is 30.6 Å². The van der Waals surface area contributed by atoms with Gasteiger partial charge in [0.2, 0.25) is 0 Å². The second-order valence-electron chi connectivity index (χ2n) is 4.19. The fourth-order valence-corrected chi connectivity index (χ4v) is 1.73. The highest BCUT2D eigenvalue weighted by molar-refractivity contribution is 5.95. The molecule has 0 aliphatic carbocycles. The molecule has 0 atom stereocenters. The number of ether oxygens (including phenoxy) is 2. The van der Waals surface area contributed by atoms with E-state index in [1.807, 2.05) is 12.1 Å². The summed E-state index contributed by atoms with van der Waals surface area (Å²) in [7, 11) is 1.53. The number of aromatic nitrogens is 1. The molecule has 5 heteroatoms. The largest absolute Gasteiger partial charge is 0.497 e. The third kappa shape index (κ3) is 3.47. The quantitative estimate of drug-likeness (QED) is 0.666. The lowest BCUT2D eigenvalue weighted by atomic mass is 10.1. The highest BCUT2D eigenvalue weighted by Gasteiger charge is 2.12. The predicted molar refractivity (Wildman–Crippen MR) is 75.6 cm³/mol. The van der Waals surface area contributed by atoms with Crippen molar-refractivity contribution in [3.05, 3.63) is 53.9 Å². The Morgan fingerprint density at radius 1 is 1.25 bits per heavy atom. The Morgan fingerprint density at radius 2 is 2.00 bits per heavy atom. The minimum atomic E-state index is -0.449. The molecule has 0 saturated heterocycles. The van der Waals surface area contributed by atoms with Gasteiger partial charge in [-0.3, -0.25) is 4.98 Å². The number of carbonyl (C=O) groups excluding carboxylic acids is 1. The zero-order valence-corrected chi connectivity index (χ0v) is 11.2. The van der Waals surface area contributed by atoms with Crippen LogP contribution in [0.4, 0.5) is 5.69 Å². The van der Waals surface area contributed by atoms with Gasteiger partial charge in [-0.1, -0.05) is 0 Å². The number of nitrogens with two attached hydrogens (primary N) is 1. The lowest BCUT2D eigenvalue weighted by molar-refractivity contribution is 0.0510. The molecule has 2 aromatic rings. The maximum Gasteiger partial charge on any atom is 0.340 e. The van der Waals surface area contributed by atoms with Crippen molar-refractivity contribution < 1.29 is 14.3 Å². The van der Waals surface area contributed by atoms with Gasteiger partial charge in [-0.15, -0.1) is 0 Å². The third-order valence-electron chi connectivity index (χ3n) is 2.85. The first-order valence-corrected chi connectivity index (χ1v) is 6.20. The average molecular weight is 272 g/mol. The molecule has 0 saturated carbocycles. The summed E-state index contributed by atoms with van der Waals surface area (Å²) in [5, 5.41) is 0. The second-order valence-corrected chi connectivity index (χ2v) is 4.19. The van der Waals surface area contributed by atoms with Crippen molar-refractivity contribution in [2.75, 3.05) is 19.5 Å². The van der Waals surface area contributed by atoms with Crippen LogP contribution in [0.15, 0.2) is 42.7 Å². The Hall–Kier alpha value is -2.56. The number of hydrogen-bond donors (Lipinski definition) is 1. The molecule has 1 aromatic heterocycles. The molecule has 20 heavy (non-hydrogen) atoms. The Bertz CT molecular complexity index is 585. The van der Waals surface area contributed by atoms with Crippen molar-refractivity contribution in [1.82, 2.24) is 4.98 Å². The van der Waals surface area contributed by atoms with E-state index in [1.165, 1.54) is 7.11 Å². The molecule has 0 unspecified atom stereocenters. The maximum absolute atomic E-state index is 12.0. The molecule has 1 aromatic carbocycles. The maximum atomic E-state index is 12.0. The van der Waals surface area contributed by atoms with E-state index in [9.17, 15) is 4.79 Å². The van der Waals surface area contributed by atoms with E-state index >= 15 is 0 Å². The van der Waals surface area contributed by atoms with Crippen molar-refractivity contribution in [2.45, 2.75) is 6.42 Å². The predicted octanol–water partition coefficient (Wildman–Crippen LogP) is 2.07. The molecule has 1 heterocycles. The summed E-state index contributed by atoms with van der Waals surface area (Å²) in [6.07, 6.45) is 4.05. The van der Waals surface area contributed by atoms with Gasteiger partial charge in [-0.2, -0.15) is 0 Å². The summed E-state index contributed by atoms with van der Waals surface area (Å²) in [4.78, 5) is 15.9. The second kappa shape index (κ2) is 6.56. The van der Waals surface area contributed by atoms with E-state index in [0.717, 1.165) is 5.56 Å². The molecule has 0 spiro atoms. The number of esters is 1. The van der Waals surface area contributed by atoms with Crippen LogP contribution in [0.25, 0.3) is 0 Å². The summed E-state index contributed by atoms with van der Waals surface area (Å²) < 4.78 is 10.3. The smallest absolute Gasteiger partial charge is 0.340 e. The van der Waals surface area contributed by atoms with Crippen LogP contribution < -0.4 is 10.5 Å². The summed E-state index contributed by atoms with van der Waals surface area (Å²) in [6, 6.07) is 8.66. The molecule has 0 fully saturated rings. The molecule has 0 amide bonds. The van der Waals surface area contributed by atoms with Crippen LogP contribution in [0.3, 0.4) is 0 Å². The minimum absolute atomic E-state index is 0.291. The minimum Gasteiger partial charge on any atom is -0.497 e. The molecule has 104 valence electrons. The van der Waals surface area contributed by atoms with Crippen LogP contribution in [-0.2, 0) is 11.2 Å². The van der Waals surface area contributed by atoms with E-state index in [-0.39, 0.29) is 0 Å². The molecule has 2 N–H and O–H groups in total. The summed E-state index contributed by atoms with van der Waals surface area (Å²) in [5.41, 5.74) is 7.52.